The van der Waals surface area contributed by atoms with Crippen LogP contribution < -0.4 is 5.73 Å². The topological polar surface area (TPSA) is 51.8 Å². The van der Waals surface area contributed by atoms with Crippen molar-refractivity contribution in [1.29, 1.82) is 0 Å². The van der Waals surface area contributed by atoms with Crippen LogP contribution in [-0.2, 0) is 0 Å². The summed E-state index contributed by atoms with van der Waals surface area (Å²) in [7, 11) is 0. The average Bonchev–Trinajstić information content (AvgIpc) is 2.42. The van der Waals surface area contributed by atoms with Gasteiger partial charge in [0.05, 0.1) is 10.5 Å². The maximum Gasteiger partial charge on any atom is 0.163 e. The second kappa shape index (κ2) is 5.00. The zero-order chi connectivity index (χ0) is 14.3. The zero-order valence-corrected chi connectivity index (χ0v) is 12.4. The molecule has 0 unspecified atom stereocenters. The van der Waals surface area contributed by atoms with Crippen molar-refractivity contribution in [2.75, 3.05) is 5.73 Å². The van der Waals surface area contributed by atoms with Gasteiger partial charge in [0.1, 0.15) is 11.6 Å². The molecule has 0 radical (unpaired) electrons. The Labute approximate surface area is 127 Å². The normalized spacial score (nSPS) is 10.9. The monoisotopic (exact) mass is 351 g/mol. The third kappa shape index (κ3) is 2.23. The van der Waals surface area contributed by atoms with Crippen molar-refractivity contribution in [3.8, 4) is 11.4 Å². The van der Waals surface area contributed by atoms with Crippen LogP contribution in [0.5, 0.6) is 0 Å². The van der Waals surface area contributed by atoms with Gasteiger partial charge < -0.3 is 5.73 Å². The molecule has 1 heterocycles. The molecule has 2 N–H and O–H groups in total. The Bertz CT molecular complexity index is 823. The van der Waals surface area contributed by atoms with Gasteiger partial charge in [-0.15, -0.1) is 0 Å². The number of nitrogens with zero attached hydrogens (tertiary/aromatic N) is 2. The molecule has 3 rings (SSSR count). The average molecular weight is 353 g/mol. The number of rotatable bonds is 1. The lowest BCUT2D eigenvalue weighted by molar-refractivity contribution is 0.628. The van der Waals surface area contributed by atoms with E-state index in [4.69, 9.17) is 17.3 Å². The molecule has 0 atom stereocenters. The van der Waals surface area contributed by atoms with E-state index in [9.17, 15) is 4.39 Å². The second-order valence-electron chi connectivity index (χ2n) is 4.20. The highest BCUT2D eigenvalue weighted by Gasteiger charge is 2.13. The van der Waals surface area contributed by atoms with E-state index in [1.165, 1.54) is 6.07 Å². The fraction of sp³-hybridized carbons (Fsp3) is 0. The van der Waals surface area contributed by atoms with E-state index in [0.29, 0.717) is 22.7 Å². The molecule has 0 bridgehead atoms. The van der Waals surface area contributed by atoms with Crippen LogP contribution in [0.1, 0.15) is 0 Å². The number of nitrogen functional groups attached to an aromatic ring is 1. The van der Waals surface area contributed by atoms with Crippen molar-refractivity contribution in [2.45, 2.75) is 0 Å². The fourth-order valence-electron chi connectivity index (χ4n) is 1.92. The number of fused-ring (bicyclic) bond motifs is 1. The quantitative estimate of drug-likeness (QED) is 0.704. The summed E-state index contributed by atoms with van der Waals surface area (Å²) in [6.07, 6.45) is 0. The van der Waals surface area contributed by atoms with Gasteiger partial charge in [0, 0.05) is 15.4 Å². The number of aromatic nitrogens is 2. The first-order valence-electron chi connectivity index (χ1n) is 5.73. The SMILES string of the molecule is Nc1nc(-c2cccc(F)c2Cl)nc2ccc(Br)cc12. The van der Waals surface area contributed by atoms with Crippen LogP contribution >= 0.6 is 27.5 Å². The largest absolute Gasteiger partial charge is 0.383 e. The molecule has 0 spiro atoms. The highest BCUT2D eigenvalue weighted by Crippen LogP contribution is 2.30. The van der Waals surface area contributed by atoms with Crippen molar-refractivity contribution in [2.24, 2.45) is 0 Å². The summed E-state index contributed by atoms with van der Waals surface area (Å²) in [5.41, 5.74) is 7.04. The summed E-state index contributed by atoms with van der Waals surface area (Å²) in [6, 6.07) is 10.0. The molecule has 0 aliphatic rings. The summed E-state index contributed by atoms with van der Waals surface area (Å²) in [5, 5.41) is 0.721. The predicted molar refractivity (Wildman–Crippen MR) is 82.1 cm³/mol. The van der Waals surface area contributed by atoms with Crippen molar-refractivity contribution in [3.05, 3.63) is 51.7 Å². The van der Waals surface area contributed by atoms with E-state index in [2.05, 4.69) is 25.9 Å². The van der Waals surface area contributed by atoms with Gasteiger partial charge in [-0.05, 0) is 30.3 Å². The summed E-state index contributed by atoms with van der Waals surface area (Å²) < 4.78 is 14.4. The molecule has 100 valence electrons. The molecule has 0 fully saturated rings. The van der Waals surface area contributed by atoms with Gasteiger partial charge in [-0.1, -0.05) is 33.6 Å². The number of hydrogen-bond acceptors (Lipinski definition) is 3. The molecule has 3 nitrogen and oxygen atoms in total. The van der Waals surface area contributed by atoms with Crippen molar-refractivity contribution < 1.29 is 4.39 Å². The Morgan fingerprint density at radius 3 is 2.75 bits per heavy atom. The zero-order valence-electron chi connectivity index (χ0n) is 10.1. The molecular weight excluding hydrogens is 345 g/mol. The summed E-state index contributed by atoms with van der Waals surface area (Å²) >= 11 is 9.32. The first kappa shape index (κ1) is 13.3. The lowest BCUT2D eigenvalue weighted by Gasteiger charge is -2.07. The van der Waals surface area contributed by atoms with E-state index in [1.807, 2.05) is 18.2 Å². The Morgan fingerprint density at radius 2 is 1.95 bits per heavy atom. The molecule has 0 amide bonds. The van der Waals surface area contributed by atoms with Gasteiger partial charge in [-0.2, -0.15) is 0 Å². The first-order chi connectivity index (χ1) is 9.56. The highest BCUT2D eigenvalue weighted by atomic mass is 79.9. The van der Waals surface area contributed by atoms with Gasteiger partial charge in [0.2, 0.25) is 0 Å². The summed E-state index contributed by atoms with van der Waals surface area (Å²) in [6.45, 7) is 0. The Hall–Kier alpha value is -1.72. The van der Waals surface area contributed by atoms with Crippen LogP contribution in [0.2, 0.25) is 5.02 Å². The third-order valence-electron chi connectivity index (χ3n) is 2.88. The number of halogens is 3. The van der Waals surface area contributed by atoms with Crippen LogP contribution in [0, 0.1) is 5.82 Å². The van der Waals surface area contributed by atoms with E-state index < -0.39 is 5.82 Å². The Balaban J connectivity index is 2.28. The number of anilines is 1. The van der Waals surface area contributed by atoms with Crippen LogP contribution in [0.4, 0.5) is 10.2 Å². The second-order valence-corrected chi connectivity index (χ2v) is 5.49. The molecule has 0 saturated heterocycles. The lowest BCUT2D eigenvalue weighted by Crippen LogP contribution is -1.98. The number of nitrogens with two attached hydrogens (primary N) is 1. The minimum Gasteiger partial charge on any atom is -0.383 e. The van der Waals surface area contributed by atoms with Crippen LogP contribution in [0.3, 0.4) is 0 Å². The molecule has 2 aromatic carbocycles. The van der Waals surface area contributed by atoms with Crippen molar-refractivity contribution in [1.82, 2.24) is 9.97 Å². The Kier molecular flexibility index (Phi) is 3.31. The molecule has 1 aromatic heterocycles. The third-order valence-corrected chi connectivity index (χ3v) is 3.76. The van der Waals surface area contributed by atoms with Gasteiger partial charge in [0.25, 0.3) is 0 Å². The highest BCUT2D eigenvalue weighted by molar-refractivity contribution is 9.10. The fourth-order valence-corrected chi connectivity index (χ4v) is 2.49. The molecule has 20 heavy (non-hydrogen) atoms. The van der Waals surface area contributed by atoms with E-state index in [-0.39, 0.29) is 5.02 Å². The van der Waals surface area contributed by atoms with Crippen molar-refractivity contribution >= 4 is 44.3 Å². The predicted octanol–water partition coefficient (Wildman–Crippen LogP) is 4.43. The van der Waals surface area contributed by atoms with E-state index in [0.717, 1.165) is 9.86 Å². The van der Waals surface area contributed by atoms with Gasteiger partial charge in [-0.3, -0.25) is 0 Å². The minimum absolute atomic E-state index is 0.0108. The maximum absolute atomic E-state index is 13.5. The summed E-state index contributed by atoms with van der Waals surface area (Å²) in [4.78, 5) is 8.60. The van der Waals surface area contributed by atoms with Crippen LogP contribution in [0.25, 0.3) is 22.3 Å². The van der Waals surface area contributed by atoms with Crippen LogP contribution in [0.15, 0.2) is 40.9 Å². The standard InChI is InChI=1S/C14H8BrClFN3/c15-7-4-5-11-9(6-7)13(18)20-14(19-11)8-2-1-3-10(17)12(8)16/h1-6H,(H2,18,19,20). The number of hydrogen-bond donors (Lipinski definition) is 1. The van der Waals surface area contributed by atoms with Gasteiger partial charge in [0.15, 0.2) is 5.82 Å². The van der Waals surface area contributed by atoms with Gasteiger partial charge >= 0.3 is 0 Å². The van der Waals surface area contributed by atoms with Crippen molar-refractivity contribution in [3.63, 3.8) is 0 Å². The van der Waals surface area contributed by atoms with Gasteiger partial charge in [-0.25, -0.2) is 14.4 Å². The molecule has 0 aliphatic heterocycles. The summed E-state index contributed by atoms with van der Waals surface area (Å²) in [5.74, 6) is 0.121. The minimum atomic E-state index is -0.512. The first-order valence-corrected chi connectivity index (χ1v) is 6.90. The Morgan fingerprint density at radius 1 is 1.15 bits per heavy atom. The van der Waals surface area contributed by atoms with E-state index >= 15 is 0 Å². The molecular formula is C14H8BrClFN3. The molecule has 3 aromatic rings. The van der Waals surface area contributed by atoms with E-state index in [1.54, 1.807) is 12.1 Å². The van der Waals surface area contributed by atoms with Crippen LogP contribution in [-0.4, -0.2) is 9.97 Å². The maximum atomic E-state index is 13.5. The molecule has 0 aliphatic carbocycles. The molecule has 6 heteroatoms. The number of benzene rings is 2. The smallest absolute Gasteiger partial charge is 0.163 e. The lowest BCUT2D eigenvalue weighted by atomic mass is 10.1. The molecule has 0 saturated carbocycles.